The van der Waals surface area contributed by atoms with Crippen LogP contribution >= 0.6 is 15.9 Å². The summed E-state index contributed by atoms with van der Waals surface area (Å²) in [6, 6.07) is 45.9. The Balaban J connectivity index is 0.000000133. The molecule has 6 heterocycles. The highest BCUT2D eigenvalue weighted by Crippen LogP contribution is 2.48. The van der Waals surface area contributed by atoms with E-state index in [9.17, 15) is 0 Å². The van der Waals surface area contributed by atoms with Crippen LogP contribution in [0.1, 0.15) is 179 Å². The fourth-order valence-electron chi connectivity index (χ4n) is 13.3. The monoisotopic (exact) mass is 1410 g/mol. The van der Waals surface area contributed by atoms with Gasteiger partial charge in [-0.2, -0.15) is 0 Å². The van der Waals surface area contributed by atoms with Gasteiger partial charge in [-0.25, -0.2) is 0 Å². The zero-order valence-electron chi connectivity index (χ0n) is 62.3. The quantitative estimate of drug-likeness (QED) is 0.157. The van der Waals surface area contributed by atoms with Gasteiger partial charge in [0.25, 0.3) is 0 Å². The van der Waals surface area contributed by atoms with E-state index >= 15 is 0 Å². The average Bonchev–Trinajstić information content (AvgIpc) is 1.63. The first-order valence-electron chi connectivity index (χ1n) is 35.7. The second-order valence-electron chi connectivity index (χ2n) is 29.6. The summed E-state index contributed by atoms with van der Waals surface area (Å²) in [5, 5.41) is 0. The summed E-state index contributed by atoms with van der Waals surface area (Å²) in [4.78, 5) is 0. The Morgan fingerprint density at radius 1 is 0.313 bits per heavy atom. The average molecular weight is 1410 g/mol. The van der Waals surface area contributed by atoms with Crippen molar-refractivity contribution in [2.45, 2.75) is 191 Å². The molecular formula is C87H109BrO11. The molecule has 0 unspecified atom stereocenters. The SMILES string of the molecule is CCc1cc2c(cc1C)C(C)(C)CCC2(C)C.Cc1cc(Br)cc2c1OCC2.Cc1ccc2c(c1)C(C)(C)CCC2(C)C.Cc1ccc2c(c1)OCCCO2.Cc1ccc2c(c1)OCCO2.Cc1ccc2c(c1)OCO2.Cc1cccc2c1OCCCO2.Cc1cccc2c1OCCO2. The predicted molar refractivity (Wildman–Crippen MR) is 406 cm³/mol. The Hall–Kier alpha value is -7.96. The highest BCUT2D eigenvalue weighted by atomic mass is 79.9. The van der Waals surface area contributed by atoms with E-state index in [1.54, 1.807) is 22.3 Å². The summed E-state index contributed by atoms with van der Waals surface area (Å²) in [5.41, 5.74) is 20.6. The molecule has 0 saturated carbocycles. The number of hydrogen-bond acceptors (Lipinski definition) is 11. The molecule has 0 N–H and O–H groups in total. The molecule has 0 aromatic heterocycles. The maximum absolute atomic E-state index is 5.55. The van der Waals surface area contributed by atoms with Gasteiger partial charge in [0.1, 0.15) is 32.2 Å². The highest BCUT2D eigenvalue weighted by molar-refractivity contribution is 9.10. The summed E-state index contributed by atoms with van der Waals surface area (Å²) in [5.74, 6) is 9.86. The minimum Gasteiger partial charge on any atom is -0.493 e. The molecule has 0 spiro atoms. The first-order chi connectivity index (χ1) is 47.2. The Kier molecular flexibility index (Phi) is 25.8. The van der Waals surface area contributed by atoms with Gasteiger partial charge in [0, 0.05) is 23.7 Å². The van der Waals surface area contributed by atoms with E-state index in [4.69, 9.17) is 52.1 Å². The molecule has 11 nitrogen and oxygen atoms in total. The zero-order chi connectivity index (χ0) is 71.1. The molecule has 0 fully saturated rings. The van der Waals surface area contributed by atoms with Crippen LogP contribution in [0.5, 0.6) is 63.2 Å². The van der Waals surface area contributed by atoms with Crippen LogP contribution in [-0.2, 0) is 34.5 Å². The van der Waals surface area contributed by atoms with Gasteiger partial charge in [-0.3, -0.25) is 0 Å². The lowest BCUT2D eigenvalue weighted by Gasteiger charge is -2.42. The molecule has 8 aliphatic rings. The maximum Gasteiger partial charge on any atom is 0.231 e. The first kappa shape index (κ1) is 75.2. The van der Waals surface area contributed by atoms with E-state index in [0.29, 0.717) is 54.9 Å². The van der Waals surface area contributed by atoms with Crippen molar-refractivity contribution in [2.24, 2.45) is 0 Å². The smallest absolute Gasteiger partial charge is 0.231 e. The van der Waals surface area contributed by atoms with E-state index in [2.05, 4.69) is 148 Å². The zero-order valence-corrected chi connectivity index (χ0v) is 63.9. The van der Waals surface area contributed by atoms with Crippen LogP contribution in [-0.4, -0.2) is 66.3 Å². The molecule has 0 radical (unpaired) electrons. The van der Waals surface area contributed by atoms with Crippen LogP contribution in [0.3, 0.4) is 0 Å². The molecule has 0 amide bonds. The van der Waals surface area contributed by atoms with E-state index in [1.807, 2.05) is 119 Å². The van der Waals surface area contributed by atoms with E-state index in [0.717, 1.165) is 138 Å². The van der Waals surface area contributed by atoms with Gasteiger partial charge in [0.05, 0.1) is 33.0 Å². The minimum atomic E-state index is 0.349. The molecular weight excluding hydrogens is 1300 g/mol. The Morgan fingerprint density at radius 2 is 0.697 bits per heavy atom. The fraction of sp³-hybridized carbons (Fsp3) is 0.448. The van der Waals surface area contributed by atoms with Crippen molar-refractivity contribution in [3.05, 3.63) is 216 Å². The second-order valence-corrected chi connectivity index (χ2v) is 30.5. The van der Waals surface area contributed by atoms with E-state index in [1.165, 1.54) is 70.2 Å². The summed E-state index contributed by atoms with van der Waals surface area (Å²) >= 11 is 3.46. The third-order valence-corrected chi connectivity index (χ3v) is 20.0. The molecule has 0 bridgehead atoms. The molecule has 12 heteroatoms. The molecule has 6 aliphatic heterocycles. The van der Waals surface area contributed by atoms with Gasteiger partial charge in [-0.05, 0) is 242 Å². The number of hydrogen-bond donors (Lipinski definition) is 0. The van der Waals surface area contributed by atoms with Gasteiger partial charge in [-0.15, -0.1) is 0 Å². The Morgan fingerprint density at radius 3 is 1.24 bits per heavy atom. The Bertz CT molecular complexity index is 4010. The minimum absolute atomic E-state index is 0.349. The molecule has 8 aromatic carbocycles. The van der Waals surface area contributed by atoms with Gasteiger partial charge in [0.15, 0.2) is 57.5 Å². The maximum atomic E-state index is 5.55. The number of fused-ring (bicyclic) bond motifs is 8. The molecule has 16 rings (SSSR count). The van der Waals surface area contributed by atoms with Crippen molar-refractivity contribution in [2.75, 3.05) is 66.3 Å². The van der Waals surface area contributed by atoms with E-state index < -0.39 is 0 Å². The lowest BCUT2D eigenvalue weighted by atomic mass is 9.62. The van der Waals surface area contributed by atoms with Gasteiger partial charge >= 0.3 is 0 Å². The van der Waals surface area contributed by atoms with Crippen LogP contribution in [0.15, 0.2) is 138 Å². The largest absolute Gasteiger partial charge is 0.493 e. The number of benzene rings is 8. The molecule has 0 saturated heterocycles. The van der Waals surface area contributed by atoms with Crippen molar-refractivity contribution in [3.63, 3.8) is 0 Å². The normalized spacial score (nSPS) is 16.9. The summed E-state index contributed by atoms with van der Waals surface area (Å²) in [6.45, 7) is 44.9. The molecule has 8 aromatic rings. The molecule has 530 valence electrons. The fourth-order valence-corrected chi connectivity index (χ4v) is 13.9. The van der Waals surface area contributed by atoms with Crippen LogP contribution in [0, 0.1) is 55.4 Å². The third kappa shape index (κ3) is 20.2. The Labute approximate surface area is 600 Å². The van der Waals surface area contributed by atoms with Crippen LogP contribution in [0.2, 0.25) is 0 Å². The number of rotatable bonds is 1. The number of ether oxygens (including phenoxy) is 11. The van der Waals surface area contributed by atoms with Crippen molar-refractivity contribution in [1.82, 2.24) is 0 Å². The van der Waals surface area contributed by atoms with Crippen molar-refractivity contribution >= 4 is 15.9 Å². The van der Waals surface area contributed by atoms with Crippen LogP contribution < -0.4 is 52.1 Å². The number of halogens is 1. The standard InChI is InChI=1S/C17H26.C15H22.2C10H12O2.C9H9BrO.2C9H10O2.C8H8O2/c1-7-13-11-15-14(10-12(13)2)16(3,4)8-9-17(15,5)6;1-11-6-7-12-13(10-11)15(4,5)9-8-14(12,2)3;1-8-3-4-9-10(7-8)12-6-2-5-11-9;1-8-4-2-5-9-10(8)12-7-3-6-11-9;1-6-4-8(10)5-7-2-3-11-9(6)7;1-7-2-3-8-9(6-7)11-5-4-10-8;1-7-3-2-4-8-9(7)11-6-5-10-8;1-6-2-3-7-8(4-6)10-5-9-7/h10-11H,7-9H2,1-6H3;6-7,10H,8-9H2,1-5H3;3-4,7H,2,5-6H2,1H3;2,4-5H,3,6-7H2,1H3;4-5H,2-3H2,1H3;2-3,6H,4-5H2,1H3;2-4H,5-6H2,1H3;2-4H,5H2,1H3. The van der Waals surface area contributed by atoms with E-state index in [-0.39, 0.29) is 0 Å². The van der Waals surface area contributed by atoms with Crippen molar-refractivity contribution < 1.29 is 52.1 Å². The topological polar surface area (TPSA) is 102 Å². The third-order valence-electron chi connectivity index (χ3n) is 19.5. The summed E-state index contributed by atoms with van der Waals surface area (Å²) < 4.78 is 60.5. The number of aryl methyl sites for hydroxylation is 9. The summed E-state index contributed by atoms with van der Waals surface area (Å²) in [7, 11) is 0. The molecule has 2 aliphatic carbocycles. The second kappa shape index (κ2) is 33.9. The molecule has 99 heavy (non-hydrogen) atoms. The van der Waals surface area contributed by atoms with Gasteiger partial charge in [0.2, 0.25) is 6.79 Å². The highest BCUT2D eigenvalue weighted by Gasteiger charge is 2.38. The lowest BCUT2D eigenvalue weighted by Crippen LogP contribution is -2.34. The van der Waals surface area contributed by atoms with Crippen molar-refractivity contribution in [1.29, 1.82) is 0 Å². The van der Waals surface area contributed by atoms with Crippen LogP contribution in [0.25, 0.3) is 0 Å². The van der Waals surface area contributed by atoms with Gasteiger partial charge in [-0.1, -0.05) is 157 Å². The van der Waals surface area contributed by atoms with Gasteiger partial charge < -0.3 is 52.1 Å². The number of para-hydroxylation sites is 2. The molecule has 0 atom stereocenters. The predicted octanol–water partition coefficient (Wildman–Crippen LogP) is 21.5. The first-order valence-corrected chi connectivity index (χ1v) is 36.5. The van der Waals surface area contributed by atoms with Crippen molar-refractivity contribution in [3.8, 4) is 63.2 Å². The summed E-state index contributed by atoms with van der Waals surface area (Å²) in [6.07, 6.45) is 9.34. The lowest BCUT2D eigenvalue weighted by molar-refractivity contribution is 0.170. The van der Waals surface area contributed by atoms with Crippen LogP contribution in [0.4, 0.5) is 0 Å².